The molecule has 0 fully saturated rings. The average molecular weight is 312 g/mol. The lowest BCUT2D eigenvalue weighted by Gasteiger charge is -2.20. The maximum Gasteiger partial charge on any atom is 0.231 e. The van der Waals surface area contributed by atoms with Crippen LogP contribution < -0.4 is 19.3 Å². The summed E-state index contributed by atoms with van der Waals surface area (Å²) in [4.78, 5) is 16.2. The minimum Gasteiger partial charge on any atom is -0.454 e. The fraction of sp³-hybridized carbons (Fsp3) is 0.278. The number of ether oxygens (including phenoxy) is 2. The van der Waals surface area contributed by atoms with Gasteiger partial charge in [-0.2, -0.15) is 0 Å². The summed E-state index contributed by atoms with van der Waals surface area (Å²) in [6, 6.07) is 13.5. The first-order valence-corrected chi connectivity index (χ1v) is 7.47. The Morgan fingerprint density at radius 2 is 1.74 bits per heavy atom. The molecule has 0 saturated heterocycles. The molecule has 2 aromatic rings. The quantitative estimate of drug-likeness (QED) is 0.870. The zero-order valence-corrected chi connectivity index (χ0v) is 13.6. The van der Waals surface area contributed by atoms with Crippen LogP contribution in [0.25, 0.3) is 0 Å². The van der Waals surface area contributed by atoms with Gasteiger partial charge in [-0.1, -0.05) is 12.1 Å². The van der Waals surface area contributed by atoms with Crippen LogP contribution in [0.2, 0.25) is 0 Å². The Kier molecular flexibility index (Phi) is 4.10. The van der Waals surface area contributed by atoms with Crippen molar-refractivity contribution in [3.05, 3.63) is 48.0 Å². The maximum atomic E-state index is 12.5. The van der Waals surface area contributed by atoms with Gasteiger partial charge in [0.25, 0.3) is 0 Å². The summed E-state index contributed by atoms with van der Waals surface area (Å²) in [5.41, 5.74) is 2.85. The Bertz CT molecular complexity index is 728. The van der Waals surface area contributed by atoms with Crippen molar-refractivity contribution in [3.8, 4) is 11.5 Å². The molecule has 1 amide bonds. The van der Waals surface area contributed by atoms with Crippen molar-refractivity contribution in [3.63, 3.8) is 0 Å². The van der Waals surface area contributed by atoms with Crippen molar-refractivity contribution in [2.24, 2.45) is 0 Å². The molecule has 0 aliphatic carbocycles. The van der Waals surface area contributed by atoms with Gasteiger partial charge < -0.3 is 19.3 Å². The Labute approximate surface area is 136 Å². The number of carbonyl (C=O) groups excluding carboxylic acids is 1. The van der Waals surface area contributed by atoms with E-state index in [-0.39, 0.29) is 12.7 Å². The van der Waals surface area contributed by atoms with E-state index in [1.54, 1.807) is 11.9 Å². The van der Waals surface area contributed by atoms with Crippen LogP contribution in [0.3, 0.4) is 0 Å². The van der Waals surface area contributed by atoms with Gasteiger partial charge in [0.05, 0.1) is 6.42 Å². The van der Waals surface area contributed by atoms with Crippen molar-refractivity contribution in [1.82, 2.24) is 0 Å². The van der Waals surface area contributed by atoms with Crippen LogP contribution >= 0.6 is 0 Å². The lowest BCUT2D eigenvalue weighted by Crippen LogP contribution is -2.28. The fourth-order valence-corrected chi connectivity index (χ4v) is 2.47. The van der Waals surface area contributed by atoms with Gasteiger partial charge in [0.1, 0.15) is 0 Å². The molecule has 23 heavy (non-hydrogen) atoms. The van der Waals surface area contributed by atoms with Crippen LogP contribution in [0.1, 0.15) is 5.56 Å². The number of carbonyl (C=O) groups is 1. The molecular formula is C18H20N2O3. The zero-order chi connectivity index (χ0) is 16.4. The molecule has 0 spiro atoms. The molecule has 1 aliphatic heterocycles. The second-order valence-electron chi connectivity index (χ2n) is 5.73. The average Bonchev–Trinajstić information content (AvgIpc) is 3.01. The second kappa shape index (κ2) is 6.20. The van der Waals surface area contributed by atoms with Crippen molar-refractivity contribution in [2.45, 2.75) is 6.42 Å². The number of anilines is 2. The van der Waals surface area contributed by atoms with Crippen molar-refractivity contribution in [1.29, 1.82) is 0 Å². The van der Waals surface area contributed by atoms with E-state index in [1.807, 2.05) is 61.5 Å². The molecule has 0 atom stereocenters. The van der Waals surface area contributed by atoms with Crippen molar-refractivity contribution in [2.75, 3.05) is 37.7 Å². The lowest BCUT2D eigenvalue weighted by atomic mass is 10.1. The minimum atomic E-state index is 0.0276. The highest BCUT2D eigenvalue weighted by molar-refractivity contribution is 5.94. The van der Waals surface area contributed by atoms with Crippen LogP contribution in [0.5, 0.6) is 11.5 Å². The normalized spacial score (nSPS) is 12.1. The van der Waals surface area contributed by atoms with Crippen molar-refractivity contribution >= 4 is 17.3 Å². The monoisotopic (exact) mass is 312 g/mol. The maximum absolute atomic E-state index is 12.5. The van der Waals surface area contributed by atoms with Gasteiger partial charge in [-0.05, 0) is 35.9 Å². The Morgan fingerprint density at radius 3 is 2.52 bits per heavy atom. The number of hydrogen-bond donors (Lipinski definition) is 0. The largest absolute Gasteiger partial charge is 0.454 e. The van der Waals surface area contributed by atoms with Crippen LogP contribution in [-0.4, -0.2) is 33.8 Å². The number of amides is 1. The third-order valence-corrected chi connectivity index (χ3v) is 3.90. The molecule has 0 saturated carbocycles. The highest BCUT2D eigenvalue weighted by atomic mass is 16.7. The highest BCUT2D eigenvalue weighted by Crippen LogP contribution is 2.32. The highest BCUT2D eigenvalue weighted by Gasteiger charge is 2.17. The van der Waals surface area contributed by atoms with Gasteiger partial charge in [0, 0.05) is 32.5 Å². The molecule has 5 nitrogen and oxygen atoms in total. The zero-order valence-electron chi connectivity index (χ0n) is 13.6. The topological polar surface area (TPSA) is 42.0 Å². The SMILES string of the molecule is CN(C)c1cccc(N(C)C(=O)Cc2ccc3c(c2)OCO3)c1. The summed E-state index contributed by atoms with van der Waals surface area (Å²) in [5.74, 6) is 1.46. The summed E-state index contributed by atoms with van der Waals surface area (Å²) < 4.78 is 10.6. The van der Waals surface area contributed by atoms with Gasteiger partial charge in [-0.15, -0.1) is 0 Å². The molecule has 3 rings (SSSR count). The summed E-state index contributed by atoms with van der Waals surface area (Å²) in [6.45, 7) is 0.240. The predicted molar refractivity (Wildman–Crippen MR) is 90.4 cm³/mol. The molecule has 1 aliphatic rings. The smallest absolute Gasteiger partial charge is 0.231 e. The second-order valence-corrected chi connectivity index (χ2v) is 5.73. The number of benzene rings is 2. The van der Waals surface area contributed by atoms with Crippen LogP contribution in [0, 0.1) is 0 Å². The van der Waals surface area contributed by atoms with Crippen LogP contribution in [-0.2, 0) is 11.2 Å². The van der Waals surface area contributed by atoms with E-state index in [1.165, 1.54) is 0 Å². The minimum absolute atomic E-state index is 0.0276. The van der Waals surface area contributed by atoms with Gasteiger partial charge in [0.15, 0.2) is 11.5 Å². The number of rotatable bonds is 4. The molecule has 120 valence electrons. The van der Waals surface area contributed by atoms with Crippen molar-refractivity contribution < 1.29 is 14.3 Å². The summed E-state index contributed by atoms with van der Waals surface area (Å²) in [5, 5.41) is 0. The number of likely N-dealkylation sites (N-methyl/N-ethyl adjacent to an activating group) is 1. The third kappa shape index (κ3) is 3.23. The number of hydrogen-bond acceptors (Lipinski definition) is 4. The Balaban J connectivity index is 1.74. The van der Waals surface area contributed by atoms with Gasteiger partial charge in [-0.25, -0.2) is 0 Å². The summed E-state index contributed by atoms with van der Waals surface area (Å²) in [6.07, 6.45) is 0.319. The number of fused-ring (bicyclic) bond motifs is 1. The molecule has 0 N–H and O–H groups in total. The van der Waals surface area contributed by atoms with Gasteiger partial charge in [0.2, 0.25) is 12.7 Å². The van der Waals surface area contributed by atoms with E-state index in [9.17, 15) is 4.79 Å². The summed E-state index contributed by atoms with van der Waals surface area (Å²) in [7, 11) is 5.76. The summed E-state index contributed by atoms with van der Waals surface area (Å²) >= 11 is 0. The van der Waals surface area contributed by atoms with E-state index >= 15 is 0 Å². The first kappa shape index (κ1) is 15.2. The van der Waals surface area contributed by atoms with E-state index in [0.717, 1.165) is 22.7 Å². The van der Waals surface area contributed by atoms with E-state index in [4.69, 9.17) is 9.47 Å². The van der Waals surface area contributed by atoms with Crippen LogP contribution in [0.15, 0.2) is 42.5 Å². The first-order chi connectivity index (χ1) is 11.0. The third-order valence-electron chi connectivity index (χ3n) is 3.90. The van der Waals surface area contributed by atoms with Gasteiger partial charge in [-0.3, -0.25) is 4.79 Å². The molecule has 1 heterocycles. The first-order valence-electron chi connectivity index (χ1n) is 7.47. The van der Waals surface area contributed by atoms with E-state index in [0.29, 0.717) is 12.2 Å². The van der Waals surface area contributed by atoms with E-state index in [2.05, 4.69) is 0 Å². The molecule has 0 aromatic heterocycles. The van der Waals surface area contributed by atoms with E-state index < -0.39 is 0 Å². The molecule has 0 bridgehead atoms. The standard InChI is InChI=1S/C18H20N2O3/c1-19(2)14-5-4-6-15(11-14)20(3)18(21)10-13-7-8-16-17(9-13)23-12-22-16/h4-9,11H,10,12H2,1-3H3. The molecule has 0 unspecified atom stereocenters. The Hall–Kier alpha value is -2.69. The predicted octanol–water partition coefficient (Wildman–Crippen LogP) is 2.69. The Morgan fingerprint density at radius 1 is 1.00 bits per heavy atom. The van der Waals surface area contributed by atoms with Gasteiger partial charge >= 0.3 is 0 Å². The molecule has 2 aromatic carbocycles. The molecular weight excluding hydrogens is 292 g/mol. The molecule has 5 heteroatoms. The molecule has 0 radical (unpaired) electrons. The van der Waals surface area contributed by atoms with Crippen LogP contribution in [0.4, 0.5) is 11.4 Å². The fourth-order valence-electron chi connectivity index (χ4n) is 2.47. The lowest BCUT2D eigenvalue weighted by molar-refractivity contribution is -0.117. The number of nitrogens with zero attached hydrogens (tertiary/aromatic N) is 2.